The minimum absolute atomic E-state index is 0.276. The standard InChI is InChI=1S/C12H21N3O2/c1-11(2)4-6-12(16-3,7-5-11)10-14-9(8-13)17-15-10/h4-8,13H2,1-3H3. The first-order chi connectivity index (χ1) is 8.01. The second-order valence-electron chi connectivity index (χ2n) is 5.58. The van der Waals surface area contributed by atoms with E-state index in [2.05, 4.69) is 24.0 Å². The summed E-state index contributed by atoms with van der Waals surface area (Å²) >= 11 is 0. The van der Waals surface area contributed by atoms with Gasteiger partial charge in [-0.15, -0.1) is 0 Å². The number of methoxy groups -OCH3 is 1. The summed E-state index contributed by atoms with van der Waals surface area (Å²) in [4.78, 5) is 4.32. The topological polar surface area (TPSA) is 74.2 Å². The molecule has 0 unspecified atom stereocenters. The maximum absolute atomic E-state index is 5.69. The minimum atomic E-state index is -0.382. The highest BCUT2D eigenvalue weighted by Crippen LogP contribution is 2.46. The number of nitrogens with zero attached hydrogens (tertiary/aromatic N) is 2. The maximum Gasteiger partial charge on any atom is 0.240 e. The third kappa shape index (κ3) is 2.35. The van der Waals surface area contributed by atoms with Crippen molar-refractivity contribution in [3.05, 3.63) is 11.7 Å². The highest BCUT2D eigenvalue weighted by molar-refractivity contribution is 5.05. The first-order valence-electron chi connectivity index (χ1n) is 6.10. The van der Waals surface area contributed by atoms with Crippen molar-refractivity contribution in [2.24, 2.45) is 11.1 Å². The fourth-order valence-corrected chi connectivity index (χ4v) is 2.37. The Morgan fingerprint density at radius 2 is 1.94 bits per heavy atom. The van der Waals surface area contributed by atoms with Crippen LogP contribution < -0.4 is 5.73 Å². The SMILES string of the molecule is COC1(c2noc(CN)n2)CCC(C)(C)CC1. The molecule has 0 spiro atoms. The van der Waals surface area contributed by atoms with Crippen molar-refractivity contribution >= 4 is 0 Å². The Hall–Kier alpha value is -0.940. The first kappa shape index (κ1) is 12.5. The highest BCUT2D eigenvalue weighted by atomic mass is 16.5. The Balaban J connectivity index is 2.21. The van der Waals surface area contributed by atoms with Gasteiger partial charge in [-0.05, 0) is 31.1 Å². The van der Waals surface area contributed by atoms with Crippen molar-refractivity contribution in [2.75, 3.05) is 7.11 Å². The van der Waals surface area contributed by atoms with Crippen molar-refractivity contribution in [2.45, 2.75) is 51.7 Å². The average Bonchev–Trinajstić information content (AvgIpc) is 2.79. The summed E-state index contributed by atoms with van der Waals surface area (Å²) in [5.74, 6) is 1.12. The number of hydrogen-bond acceptors (Lipinski definition) is 5. The lowest BCUT2D eigenvalue weighted by Crippen LogP contribution is -2.37. The number of ether oxygens (including phenoxy) is 1. The molecule has 1 aliphatic carbocycles. The maximum atomic E-state index is 5.69. The van der Waals surface area contributed by atoms with Crippen LogP contribution in [0.15, 0.2) is 4.52 Å². The van der Waals surface area contributed by atoms with E-state index in [1.54, 1.807) is 7.11 Å². The number of hydrogen-bond donors (Lipinski definition) is 1. The van der Waals surface area contributed by atoms with Crippen molar-refractivity contribution in [3.63, 3.8) is 0 Å². The van der Waals surface area contributed by atoms with E-state index in [9.17, 15) is 0 Å². The monoisotopic (exact) mass is 239 g/mol. The van der Waals surface area contributed by atoms with Gasteiger partial charge in [-0.25, -0.2) is 0 Å². The van der Waals surface area contributed by atoms with E-state index < -0.39 is 0 Å². The van der Waals surface area contributed by atoms with Crippen LogP contribution in [0.4, 0.5) is 0 Å². The van der Waals surface area contributed by atoms with Crippen LogP contribution in [0, 0.1) is 5.41 Å². The Labute approximate surface area is 102 Å². The highest BCUT2D eigenvalue weighted by Gasteiger charge is 2.43. The van der Waals surface area contributed by atoms with Gasteiger partial charge in [0.25, 0.3) is 0 Å². The van der Waals surface area contributed by atoms with Crippen molar-refractivity contribution < 1.29 is 9.26 Å². The van der Waals surface area contributed by atoms with Gasteiger partial charge in [0.15, 0.2) is 0 Å². The van der Waals surface area contributed by atoms with Crippen LogP contribution in [0.2, 0.25) is 0 Å². The van der Waals surface area contributed by atoms with Crippen LogP contribution in [-0.2, 0) is 16.9 Å². The normalized spacial score (nSPS) is 22.6. The van der Waals surface area contributed by atoms with Crippen molar-refractivity contribution in [1.82, 2.24) is 10.1 Å². The lowest BCUT2D eigenvalue weighted by atomic mass is 9.70. The van der Waals surface area contributed by atoms with Crippen LogP contribution in [-0.4, -0.2) is 17.3 Å². The predicted octanol–water partition coefficient (Wildman–Crippen LogP) is 1.97. The molecule has 0 amide bonds. The average molecular weight is 239 g/mol. The molecule has 1 fully saturated rings. The van der Waals surface area contributed by atoms with Crippen LogP contribution in [0.25, 0.3) is 0 Å². The van der Waals surface area contributed by atoms with Crippen molar-refractivity contribution in [1.29, 1.82) is 0 Å². The first-order valence-corrected chi connectivity index (χ1v) is 6.10. The Bertz CT molecular complexity index is 377. The Kier molecular flexibility index (Phi) is 3.23. The fraction of sp³-hybridized carbons (Fsp3) is 0.833. The van der Waals surface area contributed by atoms with Crippen LogP contribution in [0.1, 0.15) is 51.2 Å². The smallest absolute Gasteiger partial charge is 0.240 e. The zero-order valence-electron chi connectivity index (χ0n) is 10.8. The molecule has 17 heavy (non-hydrogen) atoms. The molecule has 2 rings (SSSR count). The summed E-state index contributed by atoms with van der Waals surface area (Å²) < 4.78 is 10.8. The molecule has 0 atom stereocenters. The summed E-state index contributed by atoms with van der Waals surface area (Å²) in [5.41, 5.74) is 5.48. The van der Waals surface area contributed by atoms with E-state index in [1.165, 1.54) is 0 Å². The molecule has 5 heteroatoms. The van der Waals surface area contributed by atoms with Crippen LogP contribution in [0.3, 0.4) is 0 Å². The molecule has 1 heterocycles. The summed E-state index contributed by atoms with van der Waals surface area (Å²) in [5, 5.41) is 4.01. The predicted molar refractivity (Wildman–Crippen MR) is 63.1 cm³/mol. The van der Waals surface area contributed by atoms with Gasteiger partial charge < -0.3 is 15.0 Å². The van der Waals surface area contributed by atoms with E-state index in [0.717, 1.165) is 25.7 Å². The van der Waals surface area contributed by atoms with Crippen LogP contribution in [0.5, 0.6) is 0 Å². The molecule has 0 bridgehead atoms. The molecule has 1 aromatic rings. The largest absolute Gasteiger partial charge is 0.370 e. The molecule has 96 valence electrons. The van der Waals surface area contributed by atoms with Gasteiger partial charge in [0.2, 0.25) is 11.7 Å². The molecule has 0 radical (unpaired) electrons. The quantitative estimate of drug-likeness (QED) is 0.872. The van der Waals surface area contributed by atoms with Gasteiger partial charge in [-0.1, -0.05) is 19.0 Å². The zero-order valence-corrected chi connectivity index (χ0v) is 10.8. The molecule has 2 N–H and O–H groups in total. The molecule has 0 aromatic carbocycles. The minimum Gasteiger partial charge on any atom is -0.370 e. The fourth-order valence-electron chi connectivity index (χ4n) is 2.37. The van der Waals surface area contributed by atoms with E-state index in [4.69, 9.17) is 15.0 Å². The number of aromatic nitrogens is 2. The summed E-state index contributed by atoms with van der Waals surface area (Å²) in [7, 11) is 1.72. The van der Waals surface area contributed by atoms with Gasteiger partial charge in [-0.3, -0.25) is 0 Å². The molecular weight excluding hydrogens is 218 g/mol. The van der Waals surface area contributed by atoms with E-state index in [-0.39, 0.29) is 12.1 Å². The molecule has 0 saturated heterocycles. The molecule has 1 saturated carbocycles. The number of rotatable bonds is 3. The summed E-state index contributed by atoms with van der Waals surface area (Å²) in [6.45, 7) is 4.85. The van der Waals surface area contributed by atoms with Gasteiger partial charge in [0.05, 0.1) is 6.54 Å². The lowest BCUT2D eigenvalue weighted by Gasteiger charge is -2.40. The molecular formula is C12H21N3O2. The van der Waals surface area contributed by atoms with E-state index in [0.29, 0.717) is 17.1 Å². The van der Waals surface area contributed by atoms with Gasteiger partial charge in [0.1, 0.15) is 5.60 Å². The Morgan fingerprint density at radius 3 is 2.41 bits per heavy atom. The second-order valence-corrected chi connectivity index (χ2v) is 5.58. The van der Waals surface area contributed by atoms with E-state index in [1.807, 2.05) is 0 Å². The molecule has 1 aromatic heterocycles. The third-order valence-electron chi connectivity index (χ3n) is 3.85. The van der Waals surface area contributed by atoms with Gasteiger partial charge in [-0.2, -0.15) is 4.98 Å². The molecule has 5 nitrogen and oxygen atoms in total. The summed E-state index contributed by atoms with van der Waals surface area (Å²) in [6.07, 6.45) is 4.07. The van der Waals surface area contributed by atoms with E-state index >= 15 is 0 Å². The molecule has 0 aliphatic heterocycles. The lowest BCUT2D eigenvalue weighted by molar-refractivity contribution is -0.0740. The Morgan fingerprint density at radius 1 is 1.29 bits per heavy atom. The van der Waals surface area contributed by atoms with Crippen LogP contribution >= 0.6 is 0 Å². The van der Waals surface area contributed by atoms with Crippen molar-refractivity contribution in [3.8, 4) is 0 Å². The van der Waals surface area contributed by atoms with Gasteiger partial charge >= 0.3 is 0 Å². The third-order valence-corrected chi connectivity index (χ3v) is 3.85. The zero-order chi connectivity index (χ0) is 12.5. The number of nitrogens with two attached hydrogens (primary N) is 1. The molecule has 1 aliphatic rings. The van der Waals surface area contributed by atoms with Gasteiger partial charge in [0, 0.05) is 7.11 Å². The summed E-state index contributed by atoms with van der Waals surface area (Å²) in [6, 6.07) is 0. The second kappa shape index (κ2) is 4.38.